The first kappa shape index (κ1) is 13.8. The molecule has 0 unspecified atom stereocenters. The number of rotatable bonds is 4. The zero-order valence-electron chi connectivity index (χ0n) is 10.00. The van der Waals surface area contributed by atoms with Gasteiger partial charge in [0.15, 0.2) is 5.82 Å². The van der Waals surface area contributed by atoms with E-state index in [0.29, 0.717) is 10.2 Å². The lowest BCUT2D eigenvalue weighted by molar-refractivity contribution is 0.399. The van der Waals surface area contributed by atoms with E-state index >= 15 is 0 Å². The topological polar surface area (TPSA) is 72.2 Å². The fourth-order valence-electron chi connectivity index (χ4n) is 1.33. The predicted octanol–water partition coefficient (Wildman–Crippen LogP) is 3.16. The lowest BCUT2D eigenvalue weighted by Gasteiger charge is -2.00. The highest BCUT2D eigenvalue weighted by Gasteiger charge is 2.14. The summed E-state index contributed by atoms with van der Waals surface area (Å²) >= 11 is 3.19. The summed E-state index contributed by atoms with van der Waals surface area (Å²) in [7, 11) is -3.63. The summed E-state index contributed by atoms with van der Waals surface area (Å²) in [6.07, 6.45) is 1.50. The van der Waals surface area contributed by atoms with Crippen LogP contribution in [-0.2, 0) is 10.0 Å². The van der Waals surface area contributed by atoms with Crippen LogP contribution in [0.3, 0.4) is 0 Å². The van der Waals surface area contributed by atoms with Crippen molar-refractivity contribution in [3.05, 3.63) is 51.5 Å². The quantitative estimate of drug-likeness (QED) is 0.926. The molecule has 2 rings (SSSR count). The van der Waals surface area contributed by atoms with Crippen molar-refractivity contribution in [2.45, 2.75) is 6.92 Å². The van der Waals surface area contributed by atoms with Crippen LogP contribution < -0.4 is 4.72 Å². The summed E-state index contributed by atoms with van der Waals surface area (Å²) in [5, 5.41) is 4.69. The molecule has 0 radical (unpaired) electrons. The van der Waals surface area contributed by atoms with Crippen molar-refractivity contribution in [2.75, 3.05) is 4.72 Å². The van der Waals surface area contributed by atoms with Gasteiger partial charge in [0.2, 0.25) is 0 Å². The second-order valence-corrected chi connectivity index (χ2v) is 6.12. The molecule has 7 heteroatoms. The van der Waals surface area contributed by atoms with Gasteiger partial charge in [0.05, 0.1) is 5.41 Å². The molecule has 1 N–H and O–H groups in total. The third-order valence-electron chi connectivity index (χ3n) is 2.27. The lowest BCUT2D eigenvalue weighted by Crippen LogP contribution is -2.09. The normalized spacial score (nSPS) is 11.9. The molecule has 0 aliphatic carbocycles. The molecule has 1 aromatic heterocycles. The highest BCUT2D eigenvalue weighted by molar-refractivity contribution is 9.10. The Balaban J connectivity index is 2.16. The molecular formula is C12H11BrN2O3S. The maximum Gasteiger partial charge on any atom is 0.256 e. The van der Waals surface area contributed by atoms with Crippen molar-refractivity contribution < 1.29 is 12.9 Å². The molecule has 0 spiro atoms. The predicted molar refractivity (Wildman–Crippen MR) is 77.0 cm³/mol. The summed E-state index contributed by atoms with van der Waals surface area (Å²) in [6.45, 7) is 1.68. The Labute approximate surface area is 119 Å². The van der Waals surface area contributed by atoms with E-state index in [1.807, 2.05) is 30.3 Å². The van der Waals surface area contributed by atoms with E-state index < -0.39 is 10.0 Å². The van der Waals surface area contributed by atoms with Gasteiger partial charge in [-0.1, -0.05) is 35.5 Å². The van der Waals surface area contributed by atoms with Crippen molar-refractivity contribution in [1.29, 1.82) is 0 Å². The van der Waals surface area contributed by atoms with E-state index in [4.69, 9.17) is 4.52 Å². The fourth-order valence-corrected chi connectivity index (χ4v) is 2.51. The largest absolute Gasteiger partial charge is 0.358 e. The molecule has 0 saturated carbocycles. The van der Waals surface area contributed by atoms with E-state index in [-0.39, 0.29) is 5.82 Å². The Morgan fingerprint density at radius 1 is 1.32 bits per heavy atom. The molecule has 0 aliphatic rings. The van der Waals surface area contributed by atoms with Crippen LogP contribution in [0.15, 0.2) is 44.7 Å². The Kier molecular flexibility index (Phi) is 4.06. The molecule has 5 nitrogen and oxygen atoms in total. The SMILES string of the molecule is Cc1onc(NS(=O)(=O)C=Cc2ccccc2)c1Br. The number of benzene rings is 1. The molecule has 0 fully saturated rings. The van der Waals surface area contributed by atoms with Crippen molar-refractivity contribution >= 4 is 37.8 Å². The van der Waals surface area contributed by atoms with Gasteiger partial charge in [-0.3, -0.25) is 4.72 Å². The van der Waals surface area contributed by atoms with Crippen LogP contribution in [-0.4, -0.2) is 13.6 Å². The summed E-state index contributed by atoms with van der Waals surface area (Å²) < 4.78 is 31.3. The zero-order chi connectivity index (χ0) is 13.9. The van der Waals surface area contributed by atoms with Gasteiger partial charge in [-0.25, -0.2) is 8.42 Å². The van der Waals surface area contributed by atoms with Gasteiger partial charge in [0, 0.05) is 0 Å². The molecule has 1 heterocycles. The number of aryl methyl sites for hydroxylation is 1. The van der Waals surface area contributed by atoms with Crippen LogP contribution >= 0.6 is 15.9 Å². The summed E-state index contributed by atoms with van der Waals surface area (Å²) in [5.41, 5.74) is 0.795. The van der Waals surface area contributed by atoms with E-state index in [2.05, 4.69) is 25.8 Å². The number of nitrogens with one attached hydrogen (secondary N) is 1. The maximum atomic E-state index is 11.8. The Bertz CT molecular complexity index is 693. The highest BCUT2D eigenvalue weighted by atomic mass is 79.9. The van der Waals surface area contributed by atoms with Gasteiger partial charge in [0.25, 0.3) is 10.0 Å². The fraction of sp³-hybridized carbons (Fsp3) is 0.0833. The smallest absolute Gasteiger partial charge is 0.256 e. The Morgan fingerprint density at radius 3 is 2.58 bits per heavy atom. The molecule has 0 aliphatic heterocycles. The number of hydrogen-bond donors (Lipinski definition) is 1. The minimum atomic E-state index is -3.63. The Hall–Kier alpha value is -1.60. The van der Waals surface area contributed by atoms with Gasteiger partial charge in [0.1, 0.15) is 10.2 Å². The van der Waals surface area contributed by atoms with Crippen LogP contribution in [0.5, 0.6) is 0 Å². The average Bonchev–Trinajstić information content (AvgIpc) is 2.69. The number of sulfonamides is 1. The first-order valence-electron chi connectivity index (χ1n) is 5.36. The first-order chi connectivity index (χ1) is 8.98. The van der Waals surface area contributed by atoms with Gasteiger partial charge in [-0.2, -0.15) is 0 Å². The summed E-state index contributed by atoms with van der Waals surface area (Å²) in [4.78, 5) is 0. The molecule has 2 aromatic rings. The van der Waals surface area contributed by atoms with Gasteiger partial charge < -0.3 is 4.52 Å². The second-order valence-electron chi connectivity index (χ2n) is 3.76. The maximum absolute atomic E-state index is 11.8. The summed E-state index contributed by atoms with van der Waals surface area (Å²) in [5.74, 6) is 0.639. The number of halogens is 1. The van der Waals surface area contributed by atoms with Gasteiger partial charge in [-0.15, -0.1) is 0 Å². The standard InChI is InChI=1S/C12H11BrN2O3S/c1-9-11(13)12(14-18-9)15-19(16,17)8-7-10-5-3-2-4-6-10/h2-8H,1H3,(H,14,15). The Morgan fingerprint density at radius 2 is 2.00 bits per heavy atom. The summed E-state index contributed by atoms with van der Waals surface area (Å²) in [6, 6.07) is 9.14. The minimum absolute atomic E-state index is 0.134. The van der Waals surface area contributed by atoms with Crippen molar-refractivity contribution in [3.8, 4) is 0 Å². The van der Waals surface area contributed by atoms with Crippen LogP contribution in [0.25, 0.3) is 6.08 Å². The van der Waals surface area contributed by atoms with E-state index in [0.717, 1.165) is 11.0 Å². The molecule has 0 atom stereocenters. The van der Waals surface area contributed by atoms with Crippen LogP contribution in [0, 0.1) is 6.92 Å². The monoisotopic (exact) mass is 342 g/mol. The molecule has 100 valence electrons. The number of aromatic nitrogens is 1. The van der Waals surface area contributed by atoms with Crippen molar-refractivity contribution in [1.82, 2.24) is 5.16 Å². The van der Waals surface area contributed by atoms with Gasteiger partial charge >= 0.3 is 0 Å². The molecule has 19 heavy (non-hydrogen) atoms. The van der Waals surface area contributed by atoms with Crippen molar-refractivity contribution in [3.63, 3.8) is 0 Å². The number of hydrogen-bond acceptors (Lipinski definition) is 4. The first-order valence-corrected chi connectivity index (χ1v) is 7.69. The zero-order valence-corrected chi connectivity index (χ0v) is 12.4. The van der Waals surface area contributed by atoms with E-state index in [9.17, 15) is 8.42 Å². The average molecular weight is 343 g/mol. The third-order valence-corrected chi connectivity index (χ3v) is 4.18. The van der Waals surface area contributed by atoms with Crippen LogP contribution in [0.1, 0.15) is 11.3 Å². The number of anilines is 1. The molecule has 0 saturated heterocycles. The molecule has 0 bridgehead atoms. The van der Waals surface area contributed by atoms with Crippen LogP contribution in [0.2, 0.25) is 0 Å². The van der Waals surface area contributed by atoms with Gasteiger partial charge in [-0.05, 0) is 34.5 Å². The second kappa shape index (κ2) is 5.58. The van der Waals surface area contributed by atoms with E-state index in [1.54, 1.807) is 6.92 Å². The van der Waals surface area contributed by atoms with E-state index in [1.165, 1.54) is 6.08 Å². The molecule has 0 amide bonds. The molecule has 1 aromatic carbocycles. The highest BCUT2D eigenvalue weighted by Crippen LogP contribution is 2.25. The van der Waals surface area contributed by atoms with Crippen molar-refractivity contribution in [2.24, 2.45) is 0 Å². The third kappa shape index (κ3) is 3.68. The minimum Gasteiger partial charge on any atom is -0.358 e. The lowest BCUT2D eigenvalue weighted by atomic mass is 10.2. The molecular weight excluding hydrogens is 332 g/mol. The number of nitrogens with zero attached hydrogens (tertiary/aromatic N) is 1. The van der Waals surface area contributed by atoms with Crippen LogP contribution in [0.4, 0.5) is 5.82 Å².